The van der Waals surface area contributed by atoms with Gasteiger partial charge in [0.2, 0.25) is 0 Å². The minimum Gasteiger partial charge on any atom is -0.490 e. The van der Waals surface area contributed by atoms with E-state index in [0.717, 1.165) is 34.3 Å². The summed E-state index contributed by atoms with van der Waals surface area (Å²) in [5, 5.41) is 0. The summed E-state index contributed by atoms with van der Waals surface area (Å²) in [6.45, 7) is 7.69. The third-order valence-corrected chi connectivity index (χ3v) is 4.16. The summed E-state index contributed by atoms with van der Waals surface area (Å²) in [5.74, 6) is 2.45. The fraction of sp³-hybridized carbons (Fsp3) is 0.412. The fourth-order valence-corrected chi connectivity index (χ4v) is 2.74. The van der Waals surface area contributed by atoms with Crippen molar-refractivity contribution in [3.8, 4) is 11.5 Å². The van der Waals surface area contributed by atoms with Gasteiger partial charge in [-0.1, -0.05) is 20.8 Å². The molecule has 0 saturated carbocycles. The number of ether oxygens (including phenoxy) is 2. The van der Waals surface area contributed by atoms with E-state index in [2.05, 4.69) is 35.5 Å². The summed E-state index contributed by atoms with van der Waals surface area (Å²) in [6.07, 6.45) is 4.53. The first-order valence-corrected chi connectivity index (χ1v) is 8.49. The van der Waals surface area contributed by atoms with Crippen LogP contribution in [0.5, 0.6) is 11.5 Å². The molecule has 2 heterocycles. The molecule has 23 heavy (non-hydrogen) atoms. The quantitative estimate of drug-likeness (QED) is 0.856. The van der Waals surface area contributed by atoms with Crippen molar-refractivity contribution in [2.24, 2.45) is 0 Å². The van der Waals surface area contributed by atoms with E-state index in [4.69, 9.17) is 9.47 Å². The molecule has 0 bridgehead atoms. The lowest BCUT2D eigenvalue weighted by atomic mass is 9.96. The van der Waals surface area contributed by atoms with Crippen LogP contribution in [0.25, 0.3) is 0 Å². The molecule has 0 saturated heterocycles. The Morgan fingerprint density at radius 3 is 2.43 bits per heavy atom. The largest absolute Gasteiger partial charge is 0.490 e. The highest BCUT2D eigenvalue weighted by Gasteiger charge is 2.16. The van der Waals surface area contributed by atoms with E-state index in [1.807, 2.05) is 30.6 Å². The predicted octanol–water partition coefficient (Wildman–Crippen LogP) is 4.05. The molecule has 5 nitrogen and oxygen atoms in total. The van der Waals surface area contributed by atoms with Crippen LogP contribution in [0.1, 0.15) is 33.0 Å². The van der Waals surface area contributed by atoms with Gasteiger partial charge in [0, 0.05) is 16.7 Å². The van der Waals surface area contributed by atoms with Gasteiger partial charge in [-0.2, -0.15) is 0 Å². The number of aromatic nitrogens is 2. The number of hydrogen-bond donors (Lipinski definition) is 1. The molecule has 1 aliphatic rings. The summed E-state index contributed by atoms with van der Waals surface area (Å²) in [7, 11) is 0. The lowest BCUT2D eigenvalue weighted by Crippen LogP contribution is -2.15. The maximum Gasteiger partial charge on any atom is 0.162 e. The monoisotopic (exact) mass is 331 g/mol. The molecule has 122 valence electrons. The molecule has 0 atom stereocenters. The van der Waals surface area contributed by atoms with Gasteiger partial charge in [-0.25, -0.2) is 9.97 Å². The Morgan fingerprint density at radius 2 is 1.74 bits per heavy atom. The first kappa shape index (κ1) is 15.9. The van der Waals surface area contributed by atoms with Gasteiger partial charge in [-0.3, -0.25) is 0 Å². The van der Waals surface area contributed by atoms with Gasteiger partial charge in [0.1, 0.15) is 5.82 Å². The summed E-state index contributed by atoms with van der Waals surface area (Å²) in [6, 6.07) is 5.95. The number of nitrogens with one attached hydrogen (secondary N) is 1. The molecule has 2 aromatic rings. The third kappa shape index (κ3) is 4.07. The van der Waals surface area contributed by atoms with Crippen molar-refractivity contribution in [1.82, 2.24) is 9.97 Å². The van der Waals surface area contributed by atoms with Crippen molar-refractivity contribution in [2.75, 3.05) is 17.9 Å². The molecule has 0 spiro atoms. The number of hydrogen-bond acceptors (Lipinski definition) is 6. The molecule has 1 aromatic heterocycles. The van der Waals surface area contributed by atoms with E-state index in [-0.39, 0.29) is 5.41 Å². The standard InChI is InChI=1S/C17H21N3O2S/c1-17(2,3)16-18-10-12(11-19-16)20-23-13-5-6-14-15(9-13)22-8-4-7-21-14/h5-6,9-11,20H,4,7-8H2,1-3H3. The zero-order valence-corrected chi connectivity index (χ0v) is 14.4. The van der Waals surface area contributed by atoms with Crippen LogP contribution < -0.4 is 14.2 Å². The smallest absolute Gasteiger partial charge is 0.162 e. The van der Waals surface area contributed by atoms with Crippen LogP contribution >= 0.6 is 11.9 Å². The highest BCUT2D eigenvalue weighted by Crippen LogP contribution is 2.34. The van der Waals surface area contributed by atoms with Gasteiger partial charge >= 0.3 is 0 Å². The normalized spacial score (nSPS) is 14.2. The van der Waals surface area contributed by atoms with E-state index in [0.29, 0.717) is 13.2 Å². The highest BCUT2D eigenvalue weighted by atomic mass is 32.2. The number of rotatable bonds is 3. The molecule has 0 unspecified atom stereocenters. The average molecular weight is 331 g/mol. The molecule has 0 radical (unpaired) electrons. The fourth-order valence-electron chi connectivity index (χ4n) is 2.09. The molecule has 1 aliphatic heterocycles. The molecule has 0 aliphatic carbocycles. The zero-order valence-electron chi connectivity index (χ0n) is 13.6. The van der Waals surface area contributed by atoms with Gasteiger partial charge in [0.25, 0.3) is 0 Å². The Bertz CT molecular complexity index is 669. The van der Waals surface area contributed by atoms with Crippen molar-refractivity contribution < 1.29 is 9.47 Å². The lowest BCUT2D eigenvalue weighted by molar-refractivity contribution is 0.297. The molecule has 3 rings (SSSR count). The maximum atomic E-state index is 5.70. The van der Waals surface area contributed by atoms with E-state index in [1.165, 1.54) is 11.9 Å². The van der Waals surface area contributed by atoms with Crippen LogP contribution in [0.3, 0.4) is 0 Å². The molecule has 0 amide bonds. The van der Waals surface area contributed by atoms with Crippen molar-refractivity contribution in [3.05, 3.63) is 36.4 Å². The molecule has 1 N–H and O–H groups in total. The minimum absolute atomic E-state index is 0.0417. The van der Waals surface area contributed by atoms with Crippen LogP contribution in [0, 0.1) is 0 Å². The van der Waals surface area contributed by atoms with Gasteiger partial charge in [-0.05, 0) is 30.1 Å². The van der Waals surface area contributed by atoms with E-state index in [9.17, 15) is 0 Å². The number of anilines is 1. The first-order chi connectivity index (χ1) is 11.0. The summed E-state index contributed by atoms with van der Waals surface area (Å²) in [5.41, 5.74) is 0.829. The second-order valence-electron chi connectivity index (χ2n) is 6.41. The Kier molecular flexibility index (Phi) is 4.61. The summed E-state index contributed by atoms with van der Waals surface area (Å²) >= 11 is 1.50. The van der Waals surface area contributed by atoms with Crippen molar-refractivity contribution in [2.45, 2.75) is 37.5 Å². The second kappa shape index (κ2) is 6.66. The summed E-state index contributed by atoms with van der Waals surface area (Å²) < 4.78 is 14.6. The van der Waals surface area contributed by atoms with Gasteiger partial charge in [0.05, 0.1) is 31.3 Å². The van der Waals surface area contributed by atoms with Gasteiger partial charge < -0.3 is 14.2 Å². The van der Waals surface area contributed by atoms with Crippen LogP contribution in [0.2, 0.25) is 0 Å². The molecule has 0 fully saturated rings. The zero-order chi connectivity index (χ0) is 16.3. The number of benzene rings is 1. The first-order valence-electron chi connectivity index (χ1n) is 7.67. The summed E-state index contributed by atoms with van der Waals surface area (Å²) in [4.78, 5) is 9.88. The van der Waals surface area contributed by atoms with E-state index >= 15 is 0 Å². The highest BCUT2D eigenvalue weighted by molar-refractivity contribution is 8.00. The third-order valence-electron chi connectivity index (χ3n) is 3.33. The Morgan fingerprint density at radius 1 is 1.04 bits per heavy atom. The Labute approximate surface area is 141 Å². The topological polar surface area (TPSA) is 56.3 Å². The lowest BCUT2D eigenvalue weighted by Gasteiger charge is -2.16. The molecule has 1 aromatic carbocycles. The van der Waals surface area contributed by atoms with Crippen LogP contribution in [0.15, 0.2) is 35.5 Å². The Hall–Kier alpha value is -1.95. The van der Waals surface area contributed by atoms with Crippen molar-refractivity contribution >= 4 is 17.6 Å². The predicted molar refractivity (Wildman–Crippen MR) is 92.3 cm³/mol. The molecule has 6 heteroatoms. The van der Waals surface area contributed by atoms with E-state index in [1.54, 1.807) is 0 Å². The number of nitrogens with zero attached hydrogens (tertiary/aromatic N) is 2. The average Bonchev–Trinajstić information content (AvgIpc) is 2.77. The van der Waals surface area contributed by atoms with Crippen molar-refractivity contribution in [1.29, 1.82) is 0 Å². The van der Waals surface area contributed by atoms with Crippen LogP contribution in [0.4, 0.5) is 5.69 Å². The number of fused-ring (bicyclic) bond motifs is 1. The van der Waals surface area contributed by atoms with E-state index < -0.39 is 0 Å². The van der Waals surface area contributed by atoms with Gasteiger partial charge in [-0.15, -0.1) is 0 Å². The van der Waals surface area contributed by atoms with Crippen LogP contribution in [-0.4, -0.2) is 23.2 Å². The molecular weight excluding hydrogens is 310 g/mol. The molecular formula is C17H21N3O2S. The van der Waals surface area contributed by atoms with Crippen molar-refractivity contribution in [3.63, 3.8) is 0 Å². The van der Waals surface area contributed by atoms with Crippen LogP contribution in [-0.2, 0) is 5.41 Å². The SMILES string of the molecule is CC(C)(C)c1ncc(NSc2ccc3c(c2)OCCCO3)cn1. The minimum atomic E-state index is -0.0417. The van der Waals surface area contributed by atoms with Gasteiger partial charge in [0.15, 0.2) is 11.5 Å². The Balaban J connectivity index is 1.65. The maximum absolute atomic E-state index is 5.70. The second-order valence-corrected chi connectivity index (χ2v) is 7.29.